The first-order valence-electron chi connectivity index (χ1n) is 7.24. The van der Waals surface area contributed by atoms with Crippen LogP contribution < -0.4 is 10.1 Å². The van der Waals surface area contributed by atoms with Gasteiger partial charge in [0.15, 0.2) is 0 Å². The first kappa shape index (κ1) is 16.6. The predicted octanol–water partition coefficient (Wildman–Crippen LogP) is 2.23. The molecule has 1 aromatic rings. The van der Waals surface area contributed by atoms with Crippen LogP contribution in [0.3, 0.4) is 0 Å². The second kappa shape index (κ2) is 6.99. The van der Waals surface area contributed by atoms with Crippen LogP contribution in [-0.4, -0.2) is 39.6 Å². The Morgan fingerprint density at radius 2 is 2.19 bits per heavy atom. The van der Waals surface area contributed by atoms with Crippen molar-refractivity contribution in [1.29, 1.82) is 0 Å². The van der Waals surface area contributed by atoms with Crippen LogP contribution in [0.5, 0.6) is 5.75 Å². The van der Waals surface area contributed by atoms with Gasteiger partial charge in [-0.15, -0.1) is 0 Å². The highest BCUT2D eigenvalue weighted by Crippen LogP contribution is 2.33. The molecule has 0 spiro atoms. The molecule has 0 saturated heterocycles. The molecule has 6 heteroatoms. The van der Waals surface area contributed by atoms with E-state index in [9.17, 15) is 8.42 Å². The zero-order valence-corrected chi connectivity index (χ0v) is 14.1. The second-order valence-corrected chi connectivity index (χ2v) is 8.22. The molecule has 0 fully saturated rings. The molecule has 21 heavy (non-hydrogen) atoms. The molecule has 2 rings (SSSR count). The molecule has 0 radical (unpaired) electrons. The second-order valence-electron chi connectivity index (χ2n) is 5.60. The third-order valence-corrected chi connectivity index (χ3v) is 4.70. The highest BCUT2D eigenvalue weighted by molar-refractivity contribution is 7.90. The van der Waals surface area contributed by atoms with Gasteiger partial charge in [-0.1, -0.05) is 18.5 Å². The minimum atomic E-state index is -3.03. The van der Waals surface area contributed by atoms with E-state index in [-0.39, 0.29) is 11.8 Å². The van der Waals surface area contributed by atoms with Crippen molar-refractivity contribution >= 4 is 21.4 Å². The van der Waals surface area contributed by atoms with E-state index in [4.69, 9.17) is 16.3 Å². The first-order chi connectivity index (χ1) is 9.89. The minimum absolute atomic E-state index is 0.119. The van der Waals surface area contributed by atoms with Crippen molar-refractivity contribution in [1.82, 2.24) is 5.32 Å². The van der Waals surface area contributed by atoms with Gasteiger partial charge in [-0.25, -0.2) is 8.42 Å². The monoisotopic (exact) mass is 331 g/mol. The molecule has 0 aliphatic carbocycles. The van der Waals surface area contributed by atoms with Gasteiger partial charge in [-0.2, -0.15) is 0 Å². The molecule has 1 aromatic carbocycles. The van der Waals surface area contributed by atoms with Crippen LogP contribution in [0.15, 0.2) is 12.1 Å². The van der Waals surface area contributed by atoms with Crippen LogP contribution in [0.1, 0.15) is 24.5 Å². The van der Waals surface area contributed by atoms with Crippen molar-refractivity contribution in [3.8, 4) is 5.75 Å². The van der Waals surface area contributed by atoms with Crippen molar-refractivity contribution < 1.29 is 13.2 Å². The van der Waals surface area contributed by atoms with Gasteiger partial charge in [0.05, 0.1) is 12.4 Å². The highest BCUT2D eigenvalue weighted by atomic mass is 35.5. The molecule has 118 valence electrons. The Balaban J connectivity index is 2.20. The van der Waals surface area contributed by atoms with Crippen LogP contribution in [0.2, 0.25) is 5.02 Å². The summed E-state index contributed by atoms with van der Waals surface area (Å²) in [6.45, 7) is 3.52. The zero-order valence-electron chi connectivity index (χ0n) is 12.5. The number of rotatable bonds is 7. The Morgan fingerprint density at radius 1 is 1.43 bits per heavy atom. The maximum atomic E-state index is 11.6. The normalized spacial score (nSPS) is 15.6. The Morgan fingerprint density at radius 3 is 2.86 bits per heavy atom. The fourth-order valence-electron chi connectivity index (χ4n) is 2.67. The number of sulfone groups is 1. The number of hydrogen-bond acceptors (Lipinski definition) is 4. The molecule has 1 aliphatic rings. The standard InChI is InChI=1S/C15H22ClNO3S/c1-3-5-17-14(10-21(2,18)19)9-12-8-13(16)7-11-4-6-20-15(11)12/h7-8,14,17H,3-6,9-10H2,1-2H3. The lowest BCUT2D eigenvalue weighted by Crippen LogP contribution is -2.37. The lowest BCUT2D eigenvalue weighted by Gasteiger charge is -2.19. The SMILES string of the molecule is CCCNC(Cc1cc(Cl)cc2c1OCC2)CS(C)(=O)=O. The van der Waals surface area contributed by atoms with E-state index < -0.39 is 9.84 Å². The number of halogens is 1. The van der Waals surface area contributed by atoms with Crippen molar-refractivity contribution in [2.45, 2.75) is 32.2 Å². The van der Waals surface area contributed by atoms with Crippen molar-refractivity contribution in [2.75, 3.05) is 25.2 Å². The van der Waals surface area contributed by atoms with Gasteiger partial charge in [-0.3, -0.25) is 0 Å². The Kier molecular flexibility index (Phi) is 5.52. The van der Waals surface area contributed by atoms with E-state index in [1.54, 1.807) is 0 Å². The van der Waals surface area contributed by atoms with Gasteiger partial charge >= 0.3 is 0 Å². The smallest absolute Gasteiger partial charge is 0.148 e. The average Bonchev–Trinajstić information content (AvgIpc) is 2.82. The van der Waals surface area contributed by atoms with Crippen LogP contribution in [-0.2, 0) is 22.7 Å². The van der Waals surface area contributed by atoms with Crippen LogP contribution >= 0.6 is 11.6 Å². The Hall–Kier alpha value is -0.780. The molecular weight excluding hydrogens is 310 g/mol. The molecule has 1 heterocycles. The topological polar surface area (TPSA) is 55.4 Å². The number of hydrogen-bond donors (Lipinski definition) is 1. The van der Waals surface area contributed by atoms with Crippen LogP contribution in [0.4, 0.5) is 0 Å². The maximum Gasteiger partial charge on any atom is 0.148 e. The number of fused-ring (bicyclic) bond motifs is 1. The molecule has 1 N–H and O–H groups in total. The van der Waals surface area contributed by atoms with Gasteiger partial charge in [0.1, 0.15) is 15.6 Å². The molecule has 0 amide bonds. The number of nitrogens with one attached hydrogen (secondary N) is 1. The van der Waals surface area contributed by atoms with Crippen molar-refractivity contribution in [3.05, 3.63) is 28.3 Å². The van der Waals surface area contributed by atoms with E-state index in [0.717, 1.165) is 36.3 Å². The van der Waals surface area contributed by atoms with E-state index in [0.29, 0.717) is 18.1 Å². The summed E-state index contributed by atoms with van der Waals surface area (Å²) in [7, 11) is -3.03. The summed E-state index contributed by atoms with van der Waals surface area (Å²) in [6, 6.07) is 3.69. The molecule has 0 aromatic heterocycles. The van der Waals surface area contributed by atoms with E-state index in [2.05, 4.69) is 12.2 Å². The Bertz CT molecular complexity index is 601. The fourth-order valence-corrected chi connectivity index (χ4v) is 3.90. The zero-order chi connectivity index (χ0) is 15.5. The van der Waals surface area contributed by atoms with Gasteiger partial charge in [0.2, 0.25) is 0 Å². The maximum absolute atomic E-state index is 11.6. The lowest BCUT2D eigenvalue weighted by molar-refractivity contribution is 0.352. The first-order valence-corrected chi connectivity index (χ1v) is 9.68. The Labute approximate surface area is 131 Å². The number of benzene rings is 1. The summed E-state index contributed by atoms with van der Waals surface area (Å²) in [5.74, 6) is 1.00. The molecule has 1 unspecified atom stereocenters. The quantitative estimate of drug-likeness (QED) is 0.832. The summed E-state index contributed by atoms with van der Waals surface area (Å²) < 4.78 is 28.9. The van der Waals surface area contributed by atoms with Gasteiger partial charge in [-0.05, 0) is 42.6 Å². The highest BCUT2D eigenvalue weighted by Gasteiger charge is 2.22. The fraction of sp³-hybridized carbons (Fsp3) is 0.600. The largest absolute Gasteiger partial charge is 0.493 e. The summed E-state index contributed by atoms with van der Waals surface area (Å²) >= 11 is 6.16. The van der Waals surface area contributed by atoms with E-state index >= 15 is 0 Å². The molecular formula is C15H22ClNO3S. The third kappa shape index (κ3) is 4.87. The van der Waals surface area contributed by atoms with Crippen molar-refractivity contribution in [2.24, 2.45) is 0 Å². The summed E-state index contributed by atoms with van der Waals surface area (Å²) in [4.78, 5) is 0. The van der Waals surface area contributed by atoms with E-state index in [1.807, 2.05) is 12.1 Å². The molecule has 0 bridgehead atoms. The average molecular weight is 332 g/mol. The predicted molar refractivity (Wildman–Crippen MR) is 86.1 cm³/mol. The van der Waals surface area contributed by atoms with E-state index in [1.165, 1.54) is 6.26 Å². The van der Waals surface area contributed by atoms with Gasteiger partial charge in [0.25, 0.3) is 0 Å². The molecule has 0 saturated carbocycles. The summed E-state index contributed by atoms with van der Waals surface area (Å²) in [5.41, 5.74) is 2.11. The van der Waals surface area contributed by atoms with Gasteiger partial charge < -0.3 is 10.1 Å². The summed E-state index contributed by atoms with van der Waals surface area (Å²) in [5, 5.41) is 3.99. The molecule has 1 atom stereocenters. The summed E-state index contributed by atoms with van der Waals surface area (Å²) in [6.07, 6.45) is 3.70. The molecule has 1 aliphatic heterocycles. The lowest BCUT2D eigenvalue weighted by atomic mass is 10.0. The van der Waals surface area contributed by atoms with Crippen LogP contribution in [0.25, 0.3) is 0 Å². The molecule has 4 nitrogen and oxygen atoms in total. The number of ether oxygens (including phenoxy) is 1. The van der Waals surface area contributed by atoms with Gasteiger partial charge in [0, 0.05) is 23.7 Å². The third-order valence-electron chi connectivity index (χ3n) is 3.48. The van der Waals surface area contributed by atoms with Crippen LogP contribution in [0, 0.1) is 0 Å². The minimum Gasteiger partial charge on any atom is -0.493 e. The van der Waals surface area contributed by atoms with Crippen molar-refractivity contribution in [3.63, 3.8) is 0 Å².